The van der Waals surface area contributed by atoms with Gasteiger partial charge in [-0.2, -0.15) is 0 Å². The lowest BCUT2D eigenvalue weighted by molar-refractivity contribution is 0.0819. The predicted molar refractivity (Wildman–Crippen MR) is 86.5 cm³/mol. The largest absolute Gasteiger partial charge is 0.497 e. The number of aliphatic hydroxyl groups is 1. The van der Waals surface area contributed by atoms with Gasteiger partial charge in [0.2, 0.25) is 0 Å². The molecule has 2 aromatic rings. The number of sulfone groups is 1. The first-order valence-corrected chi connectivity index (χ1v) is 8.76. The Labute approximate surface area is 131 Å². The minimum Gasteiger partial charge on any atom is -0.497 e. The lowest BCUT2D eigenvalue weighted by atomic mass is 9.99. The summed E-state index contributed by atoms with van der Waals surface area (Å²) >= 11 is 0. The number of hydrogen-bond donors (Lipinski definition) is 1. The molecule has 0 saturated carbocycles. The monoisotopic (exact) mass is 320 g/mol. The molecule has 0 radical (unpaired) electrons. The highest BCUT2D eigenvalue weighted by Crippen LogP contribution is 2.24. The minimum absolute atomic E-state index is 0.111. The zero-order valence-corrected chi connectivity index (χ0v) is 13.5. The molecule has 0 aromatic heterocycles. The molecule has 0 aliphatic heterocycles. The normalized spacial score (nSPS) is 14.3. The number of benzene rings is 2. The van der Waals surface area contributed by atoms with Gasteiger partial charge in [-0.15, -0.1) is 0 Å². The lowest BCUT2D eigenvalue weighted by Gasteiger charge is -2.23. The first kappa shape index (κ1) is 16.5. The number of ether oxygens (including phenoxy) is 1. The molecule has 0 fully saturated rings. The van der Waals surface area contributed by atoms with Crippen molar-refractivity contribution in [3.05, 3.63) is 65.7 Å². The van der Waals surface area contributed by atoms with Gasteiger partial charge < -0.3 is 9.84 Å². The van der Waals surface area contributed by atoms with Crippen LogP contribution in [-0.4, -0.2) is 26.4 Å². The summed E-state index contributed by atoms with van der Waals surface area (Å²) in [5.74, 6) is 0.244. The fourth-order valence-electron chi connectivity index (χ4n) is 2.34. The summed E-state index contributed by atoms with van der Waals surface area (Å²) in [4.78, 5) is 0. The van der Waals surface area contributed by atoms with E-state index in [0.29, 0.717) is 16.9 Å². The third-order valence-electron chi connectivity index (χ3n) is 3.44. The summed E-state index contributed by atoms with van der Waals surface area (Å²) in [7, 11) is -1.89. The summed E-state index contributed by atoms with van der Waals surface area (Å²) in [5.41, 5.74) is -0.148. The van der Waals surface area contributed by atoms with E-state index in [1.54, 1.807) is 55.6 Å². The van der Waals surface area contributed by atoms with Gasteiger partial charge in [0.1, 0.15) is 11.4 Å². The first-order chi connectivity index (χ1) is 10.3. The van der Waals surface area contributed by atoms with Crippen molar-refractivity contribution in [3.8, 4) is 5.75 Å². The van der Waals surface area contributed by atoms with E-state index in [1.165, 1.54) is 6.92 Å². The molecule has 22 heavy (non-hydrogen) atoms. The maximum absolute atomic E-state index is 12.4. The van der Waals surface area contributed by atoms with Crippen LogP contribution in [0.15, 0.2) is 54.6 Å². The standard InChI is InChI=1S/C17H20O4S/c1-17(18,15-6-4-3-5-7-15)13-22(19,20)12-14-8-10-16(21-2)11-9-14/h3-11,18H,12-13H2,1-2H3/t17-/m0/s1. The Kier molecular flexibility index (Phi) is 4.88. The highest BCUT2D eigenvalue weighted by molar-refractivity contribution is 7.90. The molecule has 118 valence electrons. The third kappa shape index (κ3) is 4.32. The van der Waals surface area contributed by atoms with Gasteiger partial charge in [-0.05, 0) is 30.2 Å². The topological polar surface area (TPSA) is 63.6 Å². The van der Waals surface area contributed by atoms with Gasteiger partial charge in [-0.3, -0.25) is 0 Å². The van der Waals surface area contributed by atoms with Crippen LogP contribution in [0.1, 0.15) is 18.1 Å². The Balaban J connectivity index is 2.13. The van der Waals surface area contributed by atoms with Crippen molar-refractivity contribution < 1.29 is 18.3 Å². The fourth-order valence-corrected chi connectivity index (χ4v) is 4.16. The third-order valence-corrected chi connectivity index (χ3v) is 5.22. The van der Waals surface area contributed by atoms with Crippen LogP contribution < -0.4 is 4.74 Å². The second-order valence-corrected chi connectivity index (χ2v) is 7.58. The second kappa shape index (κ2) is 6.50. The Bertz CT molecular complexity index is 704. The van der Waals surface area contributed by atoms with E-state index in [2.05, 4.69) is 0 Å². The molecular weight excluding hydrogens is 300 g/mol. The average molecular weight is 320 g/mol. The van der Waals surface area contributed by atoms with Gasteiger partial charge >= 0.3 is 0 Å². The van der Waals surface area contributed by atoms with E-state index < -0.39 is 15.4 Å². The van der Waals surface area contributed by atoms with Gasteiger partial charge in [-0.1, -0.05) is 42.5 Å². The molecular formula is C17H20O4S. The van der Waals surface area contributed by atoms with Crippen LogP contribution in [0, 0.1) is 0 Å². The Morgan fingerprint density at radius 1 is 1.05 bits per heavy atom. The molecule has 1 atom stereocenters. The molecule has 0 amide bonds. The smallest absolute Gasteiger partial charge is 0.157 e. The molecule has 0 bridgehead atoms. The lowest BCUT2D eigenvalue weighted by Crippen LogP contribution is -2.31. The zero-order chi connectivity index (χ0) is 16.2. The average Bonchev–Trinajstić information content (AvgIpc) is 2.47. The van der Waals surface area contributed by atoms with Gasteiger partial charge in [-0.25, -0.2) is 8.42 Å². The van der Waals surface area contributed by atoms with Crippen LogP contribution in [0.4, 0.5) is 0 Å². The van der Waals surface area contributed by atoms with E-state index in [9.17, 15) is 13.5 Å². The molecule has 0 aliphatic carbocycles. The van der Waals surface area contributed by atoms with Crippen LogP contribution in [0.3, 0.4) is 0 Å². The summed E-state index contributed by atoms with van der Waals surface area (Å²) in [6, 6.07) is 15.7. The number of rotatable bonds is 6. The summed E-state index contributed by atoms with van der Waals surface area (Å²) in [5, 5.41) is 10.5. The van der Waals surface area contributed by atoms with Crippen LogP contribution >= 0.6 is 0 Å². The van der Waals surface area contributed by atoms with Crippen molar-refractivity contribution in [2.75, 3.05) is 12.9 Å². The van der Waals surface area contributed by atoms with Crippen molar-refractivity contribution in [2.45, 2.75) is 18.3 Å². The summed E-state index contributed by atoms with van der Waals surface area (Å²) in [6.07, 6.45) is 0. The van der Waals surface area contributed by atoms with Crippen LogP contribution in [-0.2, 0) is 21.2 Å². The molecule has 0 aliphatic rings. The molecule has 1 N–H and O–H groups in total. The molecule has 2 aromatic carbocycles. The van der Waals surface area contributed by atoms with Crippen molar-refractivity contribution in [1.82, 2.24) is 0 Å². The minimum atomic E-state index is -3.45. The Morgan fingerprint density at radius 2 is 1.64 bits per heavy atom. The van der Waals surface area contributed by atoms with Gasteiger partial charge in [0.25, 0.3) is 0 Å². The molecule has 4 nitrogen and oxygen atoms in total. The van der Waals surface area contributed by atoms with Crippen LogP contribution in [0.5, 0.6) is 5.75 Å². The van der Waals surface area contributed by atoms with Crippen molar-refractivity contribution in [1.29, 1.82) is 0 Å². The predicted octanol–water partition coefficient (Wildman–Crippen LogP) is 2.52. The Morgan fingerprint density at radius 3 is 2.18 bits per heavy atom. The van der Waals surface area contributed by atoms with Crippen LogP contribution in [0.2, 0.25) is 0 Å². The molecule has 5 heteroatoms. The number of hydrogen-bond acceptors (Lipinski definition) is 4. The van der Waals surface area contributed by atoms with E-state index in [0.717, 1.165) is 0 Å². The second-order valence-electron chi connectivity index (χ2n) is 5.52. The highest BCUT2D eigenvalue weighted by atomic mass is 32.2. The van der Waals surface area contributed by atoms with Crippen molar-refractivity contribution in [2.24, 2.45) is 0 Å². The quantitative estimate of drug-likeness (QED) is 0.888. The first-order valence-electron chi connectivity index (χ1n) is 6.94. The SMILES string of the molecule is COc1ccc(CS(=O)(=O)C[C@](C)(O)c2ccccc2)cc1. The van der Waals surface area contributed by atoms with E-state index in [4.69, 9.17) is 4.74 Å². The van der Waals surface area contributed by atoms with Gasteiger partial charge in [0.15, 0.2) is 9.84 Å². The maximum atomic E-state index is 12.4. The van der Waals surface area contributed by atoms with Crippen LogP contribution in [0.25, 0.3) is 0 Å². The molecule has 0 unspecified atom stereocenters. The number of methoxy groups -OCH3 is 1. The van der Waals surface area contributed by atoms with Gasteiger partial charge in [0, 0.05) is 0 Å². The zero-order valence-electron chi connectivity index (χ0n) is 12.7. The van der Waals surface area contributed by atoms with E-state index in [-0.39, 0.29) is 11.5 Å². The highest BCUT2D eigenvalue weighted by Gasteiger charge is 2.30. The van der Waals surface area contributed by atoms with Crippen molar-refractivity contribution >= 4 is 9.84 Å². The van der Waals surface area contributed by atoms with Gasteiger partial charge in [0.05, 0.1) is 18.6 Å². The van der Waals surface area contributed by atoms with E-state index >= 15 is 0 Å². The molecule has 0 spiro atoms. The molecule has 0 heterocycles. The maximum Gasteiger partial charge on any atom is 0.157 e. The fraction of sp³-hybridized carbons (Fsp3) is 0.294. The molecule has 2 rings (SSSR count). The van der Waals surface area contributed by atoms with E-state index in [1.807, 2.05) is 6.07 Å². The summed E-state index contributed by atoms with van der Waals surface area (Å²) in [6.45, 7) is 1.52. The Hall–Kier alpha value is -1.85. The molecule has 0 saturated heterocycles. The summed E-state index contributed by atoms with van der Waals surface area (Å²) < 4.78 is 29.8. The van der Waals surface area contributed by atoms with Crippen molar-refractivity contribution in [3.63, 3.8) is 0 Å².